The van der Waals surface area contributed by atoms with Crippen molar-refractivity contribution in [3.8, 4) is 0 Å². The fraction of sp³-hybridized carbons (Fsp3) is 0.200. The predicted octanol–water partition coefficient (Wildman–Crippen LogP) is -5.13. The second-order valence-electron chi connectivity index (χ2n) is 2.44. The molecule has 8 nitrogen and oxygen atoms in total. The molecule has 102 valence electrons. The van der Waals surface area contributed by atoms with Crippen molar-refractivity contribution in [2.45, 2.75) is 9.88 Å². The van der Waals surface area contributed by atoms with E-state index < -0.39 is 23.9 Å². The van der Waals surface area contributed by atoms with Crippen LogP contribution in [0.4, 0.5) is 0 Å². The van der Waals surface area contributed by atoms with Gasteiger partial charge >= 0.3 is 31.0 Å². The van der Waals surface area contributed by atoms with Crippen molar-refractivity contribution in [1.29, 1.82) is 0 Å². The van der Waals surface area contributed by atoms with Crippen molar-refractivity contribution in [2.75, 3.05) is 0 Å². The molecule has 6 radical (unpaired) electrons. The van der Waals surface area contributed by atoms with Crippen LogP contribution in [0.3, 0.4) is 0 Å². The van der Waals surface area contributed by atoms with E-state index in [0.29, 0.717) is 24.3 Å². The zero-order chi connectivity index (χ0) is 15.8. The normalized spacial score (nSPS) is 8.95. The summed E-state index contributed by atoms with van der Waals surface area (Å²) in [6.45, 7) is 0. The number of rotatable bonds is 4. The zero-order valence-corrected chi connectivity index (χ0v) is 12.9. The van der Waals surface area contributed by atoms with Crippen molar-refractivity contribution in [3.63, 3.8) is 0 Å². The summed E-state index contributed by atoms with van der Waals surface area (Å²) in [4.78, 5) is 42.2. The molecule has 19 heavy (non-hydrogen) atoms. The minimum atomic E-state index is -1.55. The molecule has 0 saturated carbocycles. The van der Waals surface area contributed by atoms with Crippen LogP contribution >= 0.6 is 0 Å². The number of carbonyl (C=O) groups is 4. The van der Waals surface area contributed by atoms with Gasteiger partial charge in [-0.2, -0.15) is 0 Å². The van der Waals surface area contributed by atoms with Crippen molar-refractivity contribution in [2.24, 2.45) is 0 Å². The van der Waals surface area contributed by atoms with Gasteiger partial charge in [0.25, 0.3) is 0 Å². The average molecular weight is 377 g/mol. The van der Waals surface area contributed by atoms with Crippen LogP contribution in [0.15, 0.2) is 24.3 Å². The Hall–Kier alpha value is -1.84. The average Bonchev–Trinajstić information content (AvgIpc) is 2.25. The summed E-state index contributed by atoms with van der Waals surface area (Å²) in [5.41, 5.74) is 0. The molecule has 0 fully saturated rings. The van der Waals surface area contributed by atoms with Gasteiger partial charge in [0.15, 0.2) is 0 Å². The first-order valence-electron chi connectivity index (χ1n) is 4.45. The SMILES string of the molecule is O=C([O-])/C=C\C(=O)[O-].O=C([O-])/C=C\C(=O)[O-].[CH3][Sn+4][CH3]. The van der Waals surface area contributed by atoms with Crippen LogP contribution in [0, 0.1) is 0 Å². The van der Waals surface area contributed by atoms with Gasteiger partial charge in [0.2, 0.25) is 0 Å². The van der Waals surface area contributed by atoms with Crippen molar-refractivity contribution >= 4 is 45.0 Å². The summed E-state index contributed by atoms with van der Waals surface area (Å²) in [5, 5.41) is 37.7. The number of carboxylic acid groups (broad SMARTS) is 4. The Bertz CT molecular complexity index is 293. The van der Waals surface area contributed by atoms with Crippen LogP contribution < -0.4 is 20.4 Å². The molecule has 0 N–H and O–H groups in total. The number of aliphatic carboxylic acids is 4. The maximum atomic E-state index is 9.41. The van der Waals surface area contributed by atoms with E-state index in [1.165, 1.54) is 0 Å². The summed E-state index contributed by atoms with van der Waals surface area (Å²) in [7, 11) is 0. The van der Waals surface area contributed by atoms with Crippen LogP contribution in [0.1, 0.15) is 0 Å². The first-order chi connectivity index (χ1) is 8.67. The molecule has 0 aliphatic carbocycles. The molecule has 0 heterocycles. The van der Waals surface area contributed by atoms with Gasteiger partial charge in [0.1, 0.15) is 0 Å². The molecule has 0 aliphatic heterocycles. The first-order valence-corrected chi connectivity index (χ1v) is 10.2. The van der Waals surface area contributed by atoms with Crippen molar-refractivity contribution in [1.82, 2.24) is 0 Å². The summed E-state index contributed by atoms with van der Waals surface area (Å²) in [5.74, 6) is -6.19. The molecule has 0 rings (SSSR count). The Labute approximate surface area is 119 Å². The number of hydrogen-bond donors (Lipinski definition) is 0. The van der Waals surface area contributed by atoms with Crippen LogP contribution in [0.5, 0.6) is 0 Å². The molecule has 0 saturated heterocycles. The quantitative estimate of drug-likeness (QED) is 0.347. The molecular weight excluding hydrogens is 367 g/mol. The predicted molar refractivity (Wildman–Crippen MR) is 55.8 cm³/mol. The molecule has 0 amide bonds. The second-order valence-corrected chi connectivity index (χ2v) is 5.30. The third kappa shape index (κ3) is 48.7. The Morgan fingerprint density at radius 2 is 0.737 bits per heavy atom. The van der Waals surface area contributed by atoms with Gasteiger partial charge in [-0.1, -0.05) is 0 Å². The summed E-state index contributed by atoms with van der Waals surface area (Å²) < 4.78 is 0. The van der Waals surface area contributed by atoms with E-state index in [4.69, 9.17) is 0 Å². The van der Waals surface area contributed by atoms with E-state index in [1.54, 1.807) is 0 Å². The van der Waals surface area contributed by atoms with E-state index in [2.05, 4.69) is 9.88 Å². The van der Waals surface area contributed by atoms with E-state index in [9.17, 15) is 39.6 Å². The molecule has 0 spiro atoms. The van der Waals surface area contributed by atoms with Gasteiger partial charge in [0.05, 0.1) is 23.9 Å². The van der Waals surface area contributed by atoms with E-state index in [0.717, 1.165) is 0 Å². The molecule has 0 bridgehead atoms. The zero-order valence-electron chi connectivity index (χ0n) is 10.1. The molecular formula is C10H10O8Sn. The molecule has 0 aromatic heterocycles. The first kappa shape index (κ1) is 22.3. The number of carboxylic acids is 4. The van der Waals surface area contributed by atoms with E-state index >= 15 is 0 Å². The topological polar surface area (TPSA) is 161 Å². The molecule has 0 aliphatic rings. The van der Waals surface area contributed by atoms with Gasteiger partial charge in [0, 0.05) is 0 Å². The third-order valence-electron chi connectivity index (χ3n) is 0.711. The van der Waals surface area contributed by atoms with E-state index in [-0.39, 0.29) is 21.1 Å². The van der Waals surface area contributed by atoms with Gasteiger partial charge < -0.3 is 39.6 Å². The van der Waals surface area contributed by atoms with Crippen LogP contribution in [0.25, 0.3) is 0 Å². The van der Waals surface area contributed by atoms with Gasteiger partial charge in [-0.05, 0) is 24.3 Å². The third-order valence-corrected chi connectivity index (χ3v) is 0.711. The second kappa shape index (κ2) is 16.2. The van der Waals surface area contributed by atoms with Gasteiger partial charge in [-0.15, -0.1) is 0 Å². The summed E-state index contributed by atoms with van der Waals surface area (Å²) >= 11 is 0.230. The fourth-order valence-electron chi connectivity index (χ4n) is 0.272. The number of hydrogen-bond acceptors (Lipinski definition) is 8. The maximum absolute atomic E-state index is 9.41. The molecule has 0 aromatic carbocycles. The summed E-state index contributed by atoms with van der Waals surface area (Å²) in [6.07, 6.45) is 1.54. The van der Waals surface area contributed by atoms with Crippen LogP contribution in [0.2, 0.25) is 9.88 Å². The Balaban J connectivity index is -0.000000224. The summed E-state index contributed by atoms with van der Waals surface area (Å²) in [6, 6.07) is 0. The Morgan fingerprint density at radius 3 is 0.789 bits per heavy atom. The van der Waals surface area contributed by atoms with Gasteiger partial charge in [-0.3, -0.25) is 0 Å². The molecule has 0 atom stereocenters. The standard InChI is InChI=1S/2C4H4O4.2CH3.Sn/c2*5-3(6)1-2-4(7)8;;;/h2*1-2H,(H,5,6)(H,7,8);2*1H3;/q;;;;+4/p-4/b2*2-1-;;;. The van der Waals surface area contributed by atoms with Gasteiger partial charge in [-0.25, -0.2) is 0 Å². The van der Waals surface area contributed by atoms with Crippen molar-refractivity contribution < 1.29 is 39.6 Å². The molecule has 9 heteroatoms. The fourth-order valence-corrected chi connectivity index (χ4v) is 0.272. The Morgan fingerprint density at radius 1 is 0.632 bits per heavy atom. The van der Waals surface area contributed by atoms with Crippen LogP contribution in [-0.2, 0) is 19.2 Å². The van der Waals surface area contributed by atoms with E-state index in [1.807, 2.05) is 0 Å². The number of carbonyl (C=O) groups excluding carboxylic acids is 4. The Kier molecular flexibility index (Phi) is 19.0. The molecule has 0 aromatic rings. The molecule has 0 unspecified atom stereocenters. The van der Waals surface area contributed by atoms with Crippen LogP contribution in [-0.4, -0.2) is 45.0 Å². The monoisotopic (exact) mass is 378 g/mol. The minimum absolute atomic E-state index is 0.230. The van der Waals surface area contributed by atoms with Crippen molar-refractivity contribution in [3.05, 3.63) is 24.3 Å².